The summed E-state index contributed by atoms with van der Waals surface area (Å²) in [6, 6.07) is 0.102. The molecule has 0 aliphatic carbocycles. The molecular formula is C4H5N4S. The molecule has 4 nitrogen and oxygen atoms in total. The average molecular weight is 141 g/mol. The van der Waals surface area contributed by atoms with Crippen molar-refractivity contribution in [3.05, 3.63) is 0 Å². The van der Waals surface area contributed by atoms with Crippen LogP contribution in [0.2, 0.25) is 0 Å². The minimum atomic E-state index is 0.102. The Balaban J connectivity index is 2.24. The number of nitrogens with one attached hydrogen (secondary N) is 1. The van der Waals surface area contributed by atoms with Gasteiger partial charge in [-0.2, -0.15) is 0 Å². The smallest absolute Gasteiger partial charge is 0.168 e. The maximum Gasteiger partial charge on any atom is 0.168 e. The van der Waals surface area contributed by atoms with E-state index in [0.29, 0.717) is 0 Å². The van der Waals surface area contributed by atoms with Crippen LogP contribution < -0.4 is 5.53 Å². The maximum atomic E-state index is 4.63. The van der Waals surface area contributed by atoms with Crippen molar-refractivity contribution in [1.82, 2.24) is 15.7 Å². The van der Waals surface area contributed by atoms with Gasteiger partial charge in [-0.1, -0.05) is 12.2 Å². The summed E-state index contributed by atoms with van der Waals surface area (Å²) >= 11 is 4.63. The third-order valence-electron chi connectivity index (χ3n) is 1.52. The second kappa shape index (κ2) is 1.43. The number of fused-ring (bicyclic) bond motifs is 1. The second-order valence-corrected chi connectivity index (χ2v) is 2.19. The molecular weight excluding hydrogens is 136 g/mol. The predicted octanol–water partition coefficient (Wildman–Crippen LogP) is -0.774. The summed E-state index contributed by atoms with van der Waals surface area (Å²) in [5, 5.41) is 10.3. The topological polar surface area (TPSA) is 30.9 Å². The first-order chi connectivity index (χ1) is 4.34. The summed E-state index contributed by atoms with van der Waals surface area (Å²) < 4.78 is 0. The third kappa shape index (κ3) is 0.416. The Bertz CT molecular complexity index is 189. The maximum absolute atomic E-state index is 4.63. The zero-order chi connectivity index (χ0) is 6.43. The van der Waals surface area contributed by atoms with Crippen LogP contribution >= 0.6 is 12.2 Å². The van der Waals surface area contributed by atoms with Crippen molar-refractivity contribution in [2.75, 3.05) is 7.05 Å². The van der Waals surface area contributed by atoms with Crippen molar-refractivity contribution in [3.8, 4) is 0 Å². The second-order valence-electron chi connectivity index (χ2n) is 1.96. The van der Waals surface area contributed by atoms with Gasteiger partial charge in [-0.15, -0.1) is 10.2 Å². The van der Waals surface area contributed by atoms with E-state index in [-0.39, 0.29) is 6.04 Å². The molecule has 47 valence electrons. The zero-order valence-corrected chi connectivity index (χ0v) is 5.64. The number of thiocarbonyl (C=S) groups is 1. The van der Waals surface area contributed by atoms with Crippen LogP contribution in [0, 0.1) is 0 Å². The molecule has 2 bridgehead atoms. The van der Waals surface area contributed by atoms with E-state index < -0.39 is 0 Å². The Labute approximate surface area is 58.1 Å². The highest BCUT2D eigenvalue weighted by Crippen LogP contribution is 2.20. The van der Waals surface area contributed by atoms with Crippen LogP contribution in [0.25, 0.3) is 0 Å². The number of likely N-dealkylation sites (N-methyl/N-ethyl adjacent to an activating group) is 1. The summed E-state index contributed by atoms with van der Waals surface area (Å²) in [6.07, 6.45) is 0. The number of hydrazone groups is 1. The molecule has 3 aliphatic rings. The lowest BCUT2D eigenvalue weighted by Gasteiger charge is -2.39. The fourth-order valence-electron chi connectivity index (χ4n) is 0.977. The molecule has 1 saturated heterocycles. The van der Waals surface area contributed by atoms with E-state index in [1.54, 1.807) is 0 Å². The van der Waals surface area contributed by atoms with E-state index in [4.69, 9.17) is 0 Å². The predicted molar refractivity (Wildman–Crippen MR) is 36.6 cm³/mol. The third-order valence-corrected chi connectivity index (χ3v) is 1.75. The van der Waals surface area contributed by atoms with Gasteiger partial charge >= 0.3 is 0 Å². The van der Waals surface area contributed by atoms with Crippen molar-refractivity contribution in [3.63, 3.8) is 0 Å². The van der Waals surface area contributed by atoms with Crippen molar-refractivity contribution < 1.29 is 0 Å². The highest BCUT2D eigenvalue weighted by atomic mass is 32.1. The Morgan fingerprint density at radius 1 is 1.89 bits per heavy atom. The lowest BCUT2D eigenvalue weighted by Crippen LogP contribution is -2.64. The molecule has 0 aromatic heterocycles. The summed E-state index contributed by atoms with van der Waals surface area (Å²) in [5.74, 6) is 0.949. The van der Waals surface area contributed by atoms with Gasteiger partial charge in [0.1, 0.15) is 6.04 Å². The first-order valence-electron chi connectivity index (χ1n) is 2.58. The van der Waals surface area contributed by atoms with Gasteiger partial charge in [0.05, 0.1) is 5.37 Å². The van der Waals surface area contributed by atoms with E-state index >= 15 is 0 Å². The molecule has 3 rings (SSSR count). The summed E-state index contributed by atoms with van der Waals surface area (Å²) in [5.41, 5.74) is 2.76. The van der Waals surface area contributed by atoms with Gasteiger partial charge in [-0.3, -0.25) is 5.01 Å². The van der Waals surface area contributed by atoms with Crippen LogP contribution in [0.1, 0.15) is 0 Å². The van der Waals surface area contributed by atoms with Gasteiger partial charge in [0.25, 0.3) is 0 Å². The first-order valence-corrected chi connectivity index (χ1v) is 2.99. The molecule has 0 aromatic rings. The van der Waals surface area contributed by atoms with E-state index in [0.717, 1.165) is 5.84 Å². The number of hydrogen-bond acceptors (Lipinski definition) is 5. The van der Waals surface area contributed by atoms with E-state index in [2.05, 4.69) is 28.2 Å². The molecule has 0 spiro atoms. The minimum Gasteiger partial charge on any atom is -0.273 e. The molecule has 3 heterocycles. The zero-order valence-electron chi connectivity index (χ0n) is 4.83. The van der Waals surface area contributed by atoms with Crippen LogP contribution in [-0.2, 0) is 0 Å². The minimum absolute atomic E-state index is 0.102. The van der Waals surface area contributed by atoms with Crippen molar-refractivity contribution >= 4 is 23.4 Å². The fourth-order valence-corrected chi connectivity index (χ4v) is 1.18. The largest absolute Gasteiger partial charge is 0.273 e. The SMILES string of the molecule is CN1C2=NNN1C2[C]=S. The Kier molecular flexibility index (Phi) is 0.813. The Morgan fingerprint density at radius 2 is 2.67 bits per heavy atom. The quantitative estimate of drug-likeness (QED) is 0.486. The molecule has 1 fully saturated rings. The van der Waals surface area contributed by atoms with Crippen LogP contribution in [0.3, 0.4) is 0 Å². The average Bonchev–Trinajstić information content (AvgIpc) is 2.41. The lowest BCUT2D eigenvalue weighted by molar-refractivity contribution is -0.00962. The van der Waals surface area contributed by atoms with Gasteiger partial charge in [0, 0.05) is 7.05 Å². The molecule has 5 heteroatoms. The Morgan fingerprint density at radius 3 is 2.89 bits per heavy atom. The van der Waals surface area contributed by atoms with Crippen LogP contribution in [0.5, 0.6) is 0 Å². The molecule has 9 heavy (non-hydrogen) atoms. The van der Waals surface area contributed by atoms with Gasteiger partial charge in [-0.05, 0) is 0 Å². The molecule has 1 N–H and O–H groups in total. The number of hydrazine groups is 2. The molecule has 0 saturated carbocycles. The fraction of sp³-hybridized carbons (Fsp3) is 0.500. The molecule has 0 amide bonds. The summed E-state index contributed by atoms with van der Waals surface area (Å²) in [4.78, 5) is 0. The normalized spacial score (nSPS) is 37.0. The molecule has 2 atom stereocenters. The Hall–Kier alpha value is -0.680. The van der Waals surface area contributed by atoms with Crippen molar-refractivity contribution in [2.45, 2.75) is 6.04 Å². The number of hydrogen-bond donors (Lipinski definition) is 1. The van der Waals surface area contributed by atoms with Crippen molar-refractivity contribution in [1.29, 1.82) is 0 Å². The highest BCUT2D eigenvalue weighted by molar-refractivity contribution is 7.79. The van der Waals surface area contributed by atoms with Crippen LogP contribution in [0.15, 0.2) is 5.10 Å². The van der Waals surface area contributed by atoms with E-state index in [9.17, 15) is 0 Å². The van der Waals surface area contributed by atoms with Crippen LogP contribution in [-0.4, -0.2) is 34.4 Å². The number of nitrogens with zero attached hydrogens (tertiary/aromatic N) is 3. The molecule has 1 radical (unpaired) electrons. The number of amidine groups is 1. The summed E-state index contributed by atoms with van der Waals surface area (Å²) in [7, 11) is 1.92. The van der Waals surface area contributed by atoms with Crippen molar-refractivity contribution in [2.24, 2.45) is 5.10 Å². The van der Waals surface area contributed by atoms with E-state index in [1.165, 1.54) is 0 Å². The van der Waals surface area contributed by atoms with Crippen LogP contribution in [0.4, 0.5) is 0 Å². The lowest BCUT2D eigenvalue weighted by atomic mass is 10.2. The van der Waals surface area contributed by atoms with Gasteiger partial charge in [0.15, 0.2) is 5.84 Å². The first kappa shape index (κ1) is 5.13. The monoisotopic (exact) mass is 141 g/mol. The molecule has 0 aromatic carbocycles. The van der Waals surface area contributed by atoms with Gasteiger partial charge in [0.2, 0.25) is 0 Å². The highest BCUT2D eigenvalue weighted by Gasteiger charge is 2.45. The molecule has 2 unspecified atom stereocenters. The standard InChI is InChI=1S/C4H5N4S/c1-7-4-3(2-9)8(7)6-5-4/h3,6H,1H3. The van der Waals surface area contributed by atoms with Gasteiger partial charge < -0.3 is 0 Å². The van der Waals surface area contributed by atoms with Gasteiger partial charge in [-0.25, -0.2) is 5.53 Å². The molecule has 3 aliphatic heterocycles. The number of rotatable bonds is 1. The summed E-state index contributed by atoms with van der Waals surface area (Å²) in [6.45, 7) is 0. The van der Waals surface area contributed by atoms with E-state index in [1.807, 2.05) is 17.2 Å².